The molecule has 2 nitrogen and oxygen atoms in total. The molecule has 0 amide bonds. The van der Waals surface area contributed by atoms with Crippen LogP contribution in [0.25, 0.3) is 21.8 Å². The van der Waals surface area contributed by atoms with E-state index in [0.717, 1.165) is 16.1 Å². The zero-order chi connectivity index (χ0) is 12.4. The molecule has 0 spiro atoms. The van der Waals surface area contributed by atoms with Gasteiger partial charge in [-0.15, -0.1) is 11.3 Å². The Kier molecular flexibility index (Phi) is 2.82. The Morgan fingerprint density at radius 2 is 1.72 bits per heavy atom. The summed E-state index contributed by atoms with van der Waals surface area (Å²) in [4.78, 5) is 5.65. The van der Waals surface area contributed by atoms with Crippen LogP contribution in [0.15, 0.2) is 60.0 Å². The molecule has 0 saturated heterocycles. The normalized spacial score (nSPS) is 10.4. The zero-order valence-electron chi connectivity index (χ0n) is 9.58. The number of hydrogen-bond acceptors (Lipinski definition) is 3. The Labute approximate surface area is 109 Å². The lowest BCUT2D eigenvalue weighted by Crippen LogP contribution is -1.87. The van der Waals surface area contributed by atoms with Crippen molar-refractivity contribution in [3.05, 3.63) is 60.0 Å². The Balaban J connectivity index is 2.13. The summed E-state index contributed by atoms with van der Waals surface area (Å²) >= 11 is 1.64. The highest BCUT2D eigenvalue weighted by Crippen LogP contribution is 2.31. The summed E-state index contributed by atoms with van der Waals surface area (Å²) in [5.74, 6) is 0.210. The average Bonchev–Trinajstić information content (AvgIpc) is 2.94. The minimum Gasteiger partial charge on any atom is -0.506 e. The number of nitrogens with zero attached hydrogens (tertiary/aromatic N) is 1. The molecule has 0 bridgehead atoms. The first-order chi connectivity index (χ1) is 8.84. The molecule has 0 saturated carbocycles. The van der Waals surface area contributed by atoms with E-state index in [-0.39, 0.29) is 5.75 Å². The number of hydrogen-bond donors (Lipinski definition) is 1. The molecule has 3 aromatic rings. The molecule has 3 heteroatoms. The topological polar surface area (TPSA) is 33.1 Å². The van der Waals surface area contributed by atoms with Crippen LogP contribution in [0.1, 0.15) is 0 Å². The number of benzene rings is 1. The van der Waals surface area contributed by atoms with Gasteiger partial charge in [0.25, 0.3) is 0 Å². The van der Waals surface area contributed by atoms with Crippen molar-refractivity contribution in [2.75, 3.05) is 0 Å². The van der Waals surface area contributed by atoms with E-state index in [2.05, 4.69) is 4.98 Å². The first kappa shape index (κ1) is 11.0. The van der Waals surface area contributed by atoms with Crippen LogP contribution in [0.2, 0.25) is 0 Å². The van der Waals surface area contributed by atoms with E-state index in [0.29, 0.717) is 5.69 Å². The smallest absolute Gasteiger partial charge is 0.141 e. The molecule has 88 valence electrons. The van der Waals surface area contributed by atoms with E-state index in [1.165, 1.54) is 0 Å². The Bertz CT molecular complexity index is 648. The summed E-state index contributed by atoms with van der Waals surface area (Å²) < 4.78 is 0. The summed E-state index contributed by atoms with van der Waals surface area (Å²) in [6.07, 6.45) is 0. The second kappa shape index (κ2) is 4.63. The highest BCUT2D eigenvalue weighted by Gasteiger charge is 2.08. The lowest BCUT2D eigenvalue weighted by atomic mass is 10.1. The molecular weight excluding hydrogens is 242 g/mol. The van der Waals surface area contributed by atoms with Crippen LogP contribution in [0.4, 0.5) is 0 Å². The van der Waals surface area contributed by atoms with Gasteiger partial charge in [-0.3, -0.25) is 0 Å². The van der Waals surface area contributed by atoms with Crippen molar-refractivity contribution >= 4 is 11.3 Å². The molecule has 0 radical (unpaired) electrons. The first-order valence-electron chi connectivity index (χ1n) is 5.64. The maximum Gasteiger partial charge on any atom is 0.141 e. The van der Waals surface area contributed by atoms with Gasteiger partial charge in [-0.05, 0) is 23.6 Å². The van der Waals surface area contributed by atoms with E-state index >= 15 is 0 Å². The van der Waals surface area contributed by atoms with Crippen LogP contribution in [-0.4, -0.2) is 10.1 Å². The SMILES string of the molecule is Oc1ccc(-c2cccs2)nc1-c1ccccc1. The van der Waals surface area contributed by atoms with Crippen LogP contribution < -0.4 is 0 Å². The Morgan fingerprint density at radius 1 is 0.889 bits per heavy atom. The Morgan fingerprint density at radius 3 is 2.44 bits per heavy atom. The van der Waals surface area contributed by atoms with Crippen LogP contribution >= 0.6 is 11.3 Å². The van der Waals surface area contributed by atoms with Crippen molar-refractivity contribution in [1.29, 1.82) is 0 Å². The third kappa shape index (κ3) is 2.00. The maximum absolute atomic E-state index is 9.93. The predicted octanol–water partition coefficient (Wildman–Crippen LogP) is 4.18. The second-order valence-corrected chi connectivity index (χ2v) is 4.86. The Hall–Kier alpha value is -2.13. The molecule has 0 fully saturated rings. The van der Waals surface area contributed by atoms with Crippen molar-refractivity contribution in [1.82, 2.24) is 4.98 Å². The molecule has 18 heavy (non-hydrogen) atoms. The van der Waals surface area contributed by atoms with Crippen LogP contribution in [0.5, 0.6) is 5.75 Å². The molecule has 2 heterocycles. The predicted molar refractivity (Wildman–Crippen MR) is 74.7 cm³/mol. The number of aromatic nitrogens is 1. The van der Waals surface area contributed by atoms with Gasteiger partial charge in [-0.25, -0.2) is 4.98 Å². The van der Waals surface area contributed by atoms with Gasteiger partial charge in [-0.2, -0.15) is 0 Å². The van der Waals surface area contributed by atoms with Crippen LogP contribution in [0, 0.1) is 0 Å². The average molecular weight is 253 g/mol. The molecule has 0 unspecified atom stereocenters. The minimum absolute atomic E-state index is 0.210. The van der Waals surface area contributed by atoms with Crippen molar-refractivity contribution in [2.45, 2.75) is 0 Å². The van der Waals surface area contributed by atoms with E-state index in [1.807, 2.05) is 53.9 Å². The number of pyridine rings is 1. The van der Waals surface area contributed by atoms with Crippen LogP contribution in [0.3, 0.4) is 0 Å². The van der Waals surface area contributed by atoms with Crippen molar-refractivity contribution in [3.8, 4) is 27.6 Å². The van der Waals surface area contributed by atoms with Gasteiger partial charge in [0.1, 0.15) is 11.4 Å². The summed E-state index contributed by atoms with van der Waals surface area (Å²) in [5.41, 5.74) is 2.44. The summed E-state index contributed by atoms with van der Waals surface area (Å²) in [6, 6.07) is 17.3. The molecule has 1 N–H and O–H groups in total. The largest absolute Gasteiger partial charge is 0.506 e. The van der Waals surface area contributed by atoms with Gasteiger partial charge in [0.05, 0.1) is 10.6 Å². The number of thiophene rings is 1. The lowest BCUT2D eigenvalue weighted by Gasteiger charge is -2.06. The van der Waals surface area contributed by atoms with E-state index in [9.17, 15) is 5.11 Å². The molecule has 0 aliphatic carbocycles. The molecule has 3 rings (SSSR count). The standard InChI is InChI=1S/C15H11NOS/c17-13-9-8-12(14-7-4-10-18-14)16-15(13)11-5-2-1-3-6-11/h1-10,17H. The fourth-order valence-corrected chi connectivity index (χ4v) is 2.52. The number of aromatic hydroxyl groups is 1. The van der Waals surface area contributed by atoms with Gasteiger partial charge < -0.3 is 5.11 Å². The first-order valence-corrected chi connectivity index (χ1v) is 6.52. The van der Waals surface area contributed by atoms with Crippen molar-refractivity contribution in [2.24, 2.45) is 0 Å². The molecule has 1 aromatic carbocycles. The molecule has 0 atom stereocenters. The summed E-state index contributed by atoms with van der Waals surface area (Å²) in [5, 5.41) is 11.9. The summed E-state index contributed by atoms with van der Waals surface area (Å²) in [7, 11) is 0. The molecular formula is C15H11NOS. The minimum atomic E-state index is 0.210. The fourth-order valence-electron chi connectivity index (χ4n) is 1.82. The van der Waals surface area contributed by atoms with E-state index in [1.54, 1.807) is 17.4 Å². The summed E-state index contributed by atoms with van der Waals surface area (Å²) in [6.45, 7) is 0. The maximum atomic E-state index is 9.93. The third-order valence-corrected chi connectivity index (χ3v) is 3.59. The molecule has 0 aliphatic rings. The van der Waals surface area contributed by atoms with Crippen LogP contribution in [-0.2, 0) is 0 Å². The van der Waals surface area contributed by atoms with Gasteiger partial charge in [-0.1, -0.05) is 36.4 Å². The van der Waals surface area contributed by atoms with Crippen molar-refractivity contribution in [3.63, 3.8) is 0 Å². The lowest BCUT2D eigenvalue weighted by molar-refractivity contribution is 0.475. The van der Waals surface area contributed by atoms with Gasteiger partial charge in [0.15, 0.2) is 0 Å². The second-order valence-electron chi connectivity index (χ2n) is 3.91. The molecule has 2 aromatic heterocycles. The zero-order valence-corrected chi connectivity index (χ0v) is 10.4. The van der Waals surface area contributed by atoms with Crippen molar-refractivity contribution < 1.29 is 5.11 Å². The van der Waals surface area contributed by atoms with Gasteiger partial charge in [0.2, 0.25) is 0 Å². The third-order valence-electron chi connectivity index (χ3n) is 2.69. The van der Waals surface area contributed by atoms with Gasteiger partial charge >= 0.3 is 0 Å². The van der Waals surface area contributed by atoms with E-state index in [4.69, 9.17) is 0 Å². The fraction of sp³-hybridized carbons (Fsp3) is 0. The van der Waals surface area contributed by atoms with E-state index < -0.39 is 0 Å². The van der Waals surface area contributed by atoms with Gasteiger partial charge in [0, 0.05) is 5.56 Å². The quantitative estimate of drug-likeness (QED) is 0.743. The monoisotopic (exact) mass is 253 g/mol. The number of rotatable bonds is 2. The molecule has 0 aliphatic heterocycles. The highest BCUT2D eigenvalue weighted by atomic mass is 32.1. The highest BCUT2D eigenvalue weighted by molar-refractivity contribution is 7.13.